The smallest absolute Gasteiger partial charge is 0 e. The quantitative estimate of drug-likeness (QED) is 0.432. The van der Waals surface area contributed by atoms with Crippen molar-refractivity contribution in [1.82, 2.24) is 0 Å². The molecule has 0 aliphatic rings. The third-order valence-corrected chi connectivity index (χ3v) is 0. The van der Waals surface area contributed by atoms with Crippen molar-refractivity contribution in [2.45, 2.75) is 0 Å². The second-order valence-electron chi connectivity index (χ2n) is 0. The van der Waals surface area contributed by atoms with Crippen LogP contribution in [0.1, 0.15) is 0 Å². The van der Waals surface area contributed by atoms with Crippen LogP contribution < -0.4 is 0 Å². The summed E-state index contributed by atoms with van der Waals surface area (Å²) in [4.78, 5) is 0. The Morgan fingerprint density at radius 2 is 1.00 bits per heavy atom. The minimum atomic E-state index is 0. The summed E-state index contributed by atoms with van der Waals surface area (Å²) in [5, 5.41) is 0. The van der Waals surface area contributed by atoms with Gasteiger partial charge in [0.1, 0.15) is 0 Å². The summed E-state index contributed by atoms with van der Waals surface area (Å²) < 4.78 is 0. The Morgan fingerprint density at radius 1 is 1.00 bits per heavy atom. The van der Waals surface area contributed by atoms with Gasteiger partial charge in [0.25, 0.3) is 0 Å². The molecule has 1 radical (unpaired) electrons. The molecule has 0 amide bonds. The fourth-order valence-corrected chi connectivity index (χ4v) is 0. The van der Waals surface area contributed by atoms with Gasteiger partial charge in [-0.05, 0) is 0 Å². The van der Waals surface area contributed by atoms with Gasteiger partial charge in [0.2, 0.25) is 0 Å². The van der Waals surface area contributed by atoms with Crippen LogP contribution in [0.5, 0.6) is 0 Å². The molecule has 0 rings (SSSR count). The molecule has 0 saturated carbocycles. The van der Waals surface area contributed by atoms with Gasteiger partial charge in [-0.3, -0.25) is 0 Å². The van der Waals surface area contributed by atoms with Crippen molar-refractivity contribution < 1.29 is 55.3 Å². The summed E-state index contributed by atoms with van der Waals surface area (Å²) in [6.45, 7) is 0. The van der Waals surface area contributed by atoms with E-state index in [1.807, 2.05) is 0 Å². The van der Waals surface area contributed by atoms with Gasteiger partial charge in [-0.25, -0.2) is 0 Å². The van der Waals surface area contributed by atoms with E-state index in [-0.39, 0.29) is 74.1 Å². The van der Waals surface area contributed by atoms with Gasteiger partial charge in [-0.15, -0.1) is 0 Å². The molecule has 0 heterocycles. The van der Waals surface area contributed by atoms with E-state index in [2.05, 4.69) is 0 Å². The predicted octanol–water partition coefficient (Wildman–Crippen LogP) is -0.656. The number of hydrogen-bond donors (Lipinski definition) is 0. The topological polar surface area (TPSA) is 0 Å². The molecular weight excluding hydrogens is 177 g/mol. The van der Waals surface area contributed by atoms with E-state index >= 15 is 0 Å². The predicted molar refractivity (Wildman–Crippen MR) is 7.15 cm³/mol. The molecule has 0 fully saturated rings. The van der Waals surface area contributed by atoms with Crippen LogP contribution in [0.25, 0.3) is 0 Å². The molecule has 0 aliphatic heterocycles. The van der Waals surface area contributed by atoms with Gasteiger partial charge in [0.05, 0.1) is 0 Å². The third kappa shape index (κ3) is 8.85. The molecule has 0 aromatic rings. The molecule has 4 heavy (non-hydrogen) atoms. The normalized spacial score (nSPS) is 0. The molecule has 0 atom stereocenters. The molecule has 0 unspecified atom stereocenters. The SMILES string of the molecule is [Cu].[LiH].[Ni].[Ti]. The van der Waals surface area contributed by atoms with Crippen LogP contribution in [0.3, 0.4) is 0 Å². The molecule has 0 aromatic heterocycles. The molecule has 27 valence electrons. The molecule has 0 nitrogen and oxygen atoms in total. The molecule has 0 aliphatic carbocycles. The van der Waals surface area contributed by atoms with Crippen molar-refractivity contribution in [2.24, 2.45) is 0 Å². The summed E-state index contributed by atoms with van der Waals surface area (Å²) in [5.41, 5.74) is 0. The Kier molecular flexibility index (Phi) is 153. The first-order valence-electron chi connectivity index (χ1n) is 0. The van der Waals surface area contributed by atoms with Crippen LogP contribution in [0.15, 0.2) is 0 Å². The summed E-state index contributed by atoms with van der Waals surface area (Å²) in [6.07, 6.45) is 0. The fourth-order valence-electron chi connectivity index (χ4n) is 0. The van der Waals surface area contributed by atoms with E-state index in [0.29, 0.717) is 0 Å². The molecule has 0 bridgehead atoms. The molecular formula is HCuLiNiTi. The van der Waals surface area contributed by atoms with Crippen LogP contribution >= 0.6 is 0 Å². The van der Waals surface area contributed by atoms with Gasteiger partial charge in [-0.1, -0.05) is 0 Å². The standard InChI is InChI=1S/Cu.Li.Ni.Ti.H. The van der Waals surface area contributed by atoms with Gasteiger partial charge in [0.15, 0.2) is 0 Å². The Bertz CT molecular complexity index is 8.00. The van der Waals surface area contributed by atoms with E-state index in [1.54, 1.807) is 0 Å². The van der Waals surface area contributed by atoms with Crippen LogP contribution in [0.2, 0.25) is 0 Å². The van der Waals surface area contributed by atoms with E-state index in [0.717, 1.165) is 0 Å². The summed E-state index contributed by atoms with van der Waals surface area (Å²) in [7, 11) is 0. The van der Waals surface area contributed by atoms with Crippen LogP contribution in [0.4, 0.5) is 0 Å². The van der Waals surface area contributed by atoms with Crippen molar-refractivity contribution in [3.05, 3.63) is 0 Å². The summed E-state index contributed by atoms with van der Waals surface area (Å²) in [6, 6.07) is 0. The summed E-state index contributed by atoms with van der Waals surface area (Å²) in [5.74, 6) is 0. The molecule has 0 spiro atoms. The fraction of sp³-hybridized carbons (Fsp3) is 0. The third-order valence-electron chi connectivity index (χ3n) is 0. The molecule has 0 aromatic carbocycles. The van der Waals surface area contributed by atoms with Crippen LogP contribution in [0, 0.1) is 0 Å². The average molecular weight is 178 g/mol. The zero-order valence-electron chi connectivity index (χ0n) is 1.12. The van der Waals surface area contributed by atoms with E-state index < -0.39 is 0 Å². The summed E-state index contributed by atoms with van der Waals surface area (Å²) >= 11 is 0. The van der Waals surface area contributed by atoms with Crippen molar-refractivity contribution in [3.8, 4) is 0 Å². The van der Waals surface area contributed by atoms with E-state index in [4.69, 9.17) is 0 Å². The molecule has 4 heteroatoms. The Labute approximate surface area is 73.3 Å². The van der Waals surface area contributed by atoms with E-state index in [1.165, 1.54) is 0 Å². The van der Waals surface area contributed by atoms with Crippen LogP contribution in [-0.4, -0.2) is 18.9 Å². The second kappa shape index (κ2) is 18.4. The Balaban J connectivity index is 0. The van der Waals surface area contributed by atoms with Gasteiger partial charge in [0, 0.05) is 55.3 Å². The van der Waals surface area contributed by atoms with E-state index in [9.17, 15) is 0 Å². The average Bonchev–Trinajstić information content (AvgIpc) is 0. The van der Waals surface area contributed by atoms with Gasteiger partial charge < -0.3 is 0 Å². The number of rotatable bonds is 0. The van der Waals surface area contributed by atoms with Crippen molar-refractivity contribution >= 4 is 18.9 Å². The van der Waals surface area contributed by atoms with Gasteiger partial charge >= 0.3 is 18.9 Å². The van der Waals surface area contributed by atoms with Gasteiger partial charge in [-0.2, -0.15) is 0 Å². The first-order valence-corrected chi connectivity index (χ1v) is 0. The first kappa shape index (κ1) is 33.2. The largest absolute Gasteiger partial charge is 0 e. The Hall–Kier alpha value is 2.32. The zero-order chi connectivity index (χ0) is 0. The first-order chi connectivity index (χ1) is 0. The maximum absolute atomic E-state index is 0. The Morgan fingerprint density at radius 3 is 1.00 bits per heavy atom. The molecule has 0 saturated heterocycles. The second-order valence-corrected chi connectivity index (χ2v) is 0. The zero-order valence-corrected chi connectivity index (χ0v) is 4.61. The molecule has 0 N–H and O–H groups in total. The maximum atomic E-state index is 0. The van der Waals surface area contributed by atoms with Crippen molar-refractivity contribution in [1.29, 1.82) is 0 Å². The van der Waals surface area contributed by atoms with Crippen molar-refractivity contribution in [2.75, 3.05) is 0 Å². The van der Waals surface area contributed by atoms with Crippen LogP contribution in [-0.2, 0) is 55.3 Å². The van der Waals surface area contributed by atoms with Crippen molar-refractivity contribution in [3.63, 3.8) is 0 Å². The maximum Gasteiger partial charge on any atom is 0 e. The number of hydrogen-bond acceptors (Lipinski definition) is 0. The minimum absolute atomic E-state index is 0. The monoisotopic (exact) mass is 177 g/mol. The minimum Gasteiger partial charge on any atom is 0 e.